The highest BCUT2D eigenvalue weighted by atomic mass is 32.2. The number of methoxy groups -OCH3 is 1. The van der Waals surface area contributed by atoms with Crippen LogP contribution in [0.15, 0.2) is 53.4 Å². The van der Waals surface area contributed by atoms with Gasteiger partial charge in [-0.2, -0.15) is 0 Å². The number of carbonyl (C=O) groups excluding carboxylic acids is 3. The summed E-state index contributed by atoms with van der Waals surface area (Å²) in [5.41, 5.74) is 1.29. The molecule has 1 aliphatic rings. The number of esters is 1. The maximum absolute atomic E-state index is 12.7. The first-order chi connectivity index (χ1) is 14.8. The number of hydrogen-bond donors (Lipinski definition) is 0. The van der Waals surface area contributed by atoms with Gasteiger partial charge in [0.25, 0.3) is 16.8 Å². The van der Waals surface area contributed by atoms with Crippen molar-refractivity contribution >= 4 is 40.6 Å². The van der Waals surface area contributed by atoms with Crippen LogP contribution in [0.1, 0.15) is 18.1 Å². The zero-order valence-corrected chi connectivity index (χ0v) is 17.5. The lowest BCUT2D eigenvalue weighted by molar-refractivity contribution is -0.384. The summed E-state index contributed by atoms with van der Waals surface area (Å²) in [5, 5.41) is 10.2. The van der Waals surface area contributed by atoms with Crippen LogP contribution in [0, 0.1) is 10.1 Å². The van der Waals surface area contributed by atoms with E-state index in [1.165, 1.54) is 32.2 Å². The minimum Gasteiger partial charge on any atom is -0.488 e. The van der Waals surface area contributed by atoms with E-state index in [0.29, 0.717) is 11.3 Å². The van der Waals surface area contributed by atoms with Crippen molar-refractivity contribution in [3.63, 3.8) is 0 Å². The lowest BCUT2D eigenvalue weighted by Gasteiger charge is -2.18. The van der Waals surface area contributed by atoms with E-state index in [1.54, 1.807) is 36.4 Å². The largest absolute Gasteiger partial charge is 0.488 e. The number of nitro benzene ring substituents is 1. The molecule has 0 N–H and O–H groups in total. The second-order valence-corrected chi connectivity index (χ2v) is 7.49. The van der Waals surface area contributed by atoms with Gasteiger partial charge in [0, 0.05) is 17.7 Å². The third kappa shape index (κ3) is 4.92. The van der Waals surface area contributed by atoms with E-state index in [1.807, 2.05) is 0 Å². The highest BCUT2D eigenvalue weighted by Crippen LogP contribution is 2.35. The lowest BCUT2D eigenvalue weighted by Crippen LogP contribution is -2.42. The van der Waals surface area contributed by atoms with E-state index in [9.17, 15) is 24.5 Å². The number of amides is 2. The van der Waals surface area contributed by atoms with Crippen LogP contribution in [0.4, 0.5) is 10.5 Å². The van der Waals surface area contributed by atoms with Gasteiger partial charge in [-0.05, 0) is 48.5 Å². The Morgan fingerprint density at radius 2 is 1.87 bits per heavy atom. The molecule has 0 unspecified atom stereocenters. The number of hydrogen-bond acceptors (Lipinski definition) is 8. The van der Waals surface area contributed by atoms with Gasteiger partial charge >= 0.3 is 5.97 Å². The molecular formula is C21H18N2O7S. The molecule has 1 aliphatic heterocycles. The second-order valence-electron chi connectivity index (χ2n) is 6.50. The zero-order valence-electron chi connectivity index (χ0n) is 16.6. The molecule has 1 heterocycles. The van der Waals surface area contributed by atoms with Gasteiger partial charge in [0.1, 0.15) is 18.4 Å². The zero-order chi connectivity index (χ0) is 22.5. The summed E-state index contributed by atoms with van der Waals surface area (Å²) in [4.78, 5) is 48.0. The van der Waals surface area contributed by atoms with Crippen LogP contribution < -0.4 is 4.74 Å². The molecule has 31 heavy (non-hydrogen) atoms. The number of nitrogens with zero attached hydrogens (tertiary/aromatic N) is 2. The third-order valence-electron chi connectivity index (χ3n) is 4.50. The summed E-state index contributed by atoms with van der Waals surface area (Å²) >= 11 is 0.732. The van der Waals surface area contributed by atoms with Crippen molar-refractivity contribution < 1.29 is 28.8 Å². The summed E-state index contributed by atoms with van der Waals surface area (Å²) in [6.45, 7) is 1.58. The monoisotopic (exact) mass is 442 g/mol. The Morgan fingerprint density at radius 3 is 2.52 bits per heavy atom. The van der Waals surface area contributed by atoms with E-state index >= 15 is 0 Å². The van der Waals surface area contributed by atoms with Crippen molar-refractivity contribution in [1.82, 2.24) is 4.90 Å². The van der Waals surface area contributed by atoms with Crippen LogP contribution in [0.3, 0.4) is 0 Å². The van der Waals surface area contributed by atoms with Gasteiger partial charge in [-0.1, -0.05) is 18.2 Å². The van der Waals surface area contributed by atoms with Gasteiger partial charge < -0.3 is 9.47 Å². The summed E-state index contributed by atoms with van der Waals surface area (Å²) in [6.07, 6.45) is 1.53. The van der Waals surface area contributed by atoms with Gasteiger partial charge in [0.2, 0.25) is 0 Å². The van der Waals surface area contributed by atoms with Crippen LogP contribution in [-0.2, 0) is 20.9 Å². The smallest absolute Gasteiger partial charge is 0.328 e. The molecule has 9 nitrogen and oxygen atoms in total. The Kier molecular flexibility index (Phi) is 6.71. The summed E-state index contributed by atoms with van der Waals surface area (Å²) < 4.78 is 10.4. The number of nitro groups is 1. The highest BCUT2D eigenvalue weighted by Gasteiger charge is 2.41. The Hall–Kier alpha value is -3.66. The number of para-hydroxylation sites is 1. The average molecular weight is 442 g/mol. The second kappa shape index (κ2) is 9.43. The van der Waals surface area contributed by atoms with E-state index < -0.39 is 28.1 Å². The first-order valence-corrected chi connectivity index (χ1v) is 9.93. The summed E-state index contributed by atoms with van der Waals surface area (Å²) in [7, 11) is 1.19. The molecule has 1 atom stereocenters. The molecule has 10 heteroatoms. The van der Waals surface area contributed by atoms with Gasteiger partial charge in [0.05, 0.1) is 16.9 Å². The first-order valence-electron chi connectivity index (χ1n) is 9.12. The molecule has 0 spiro atoms. The number of carbonyl (C=O) groups is 3. The predicted molar refractivity (Wildman–Crippen MR) is 113 cm³/mol. The van der Waals surface area contributed by atoms with Crippen molar-refractivity contribution in [1.29, 1.82) is 0 Å². The molecule has 0 radical (unpaired) electrons. The number of ether oxygens (including phenoxy) is 2. The van der Waals surface area contributed by atoms with Crippen LogP contribution >= 0.6 is 11.8 Å². The fourth-order valence-electron chi connectivity index (χ4n) is 2.84. The normalized spacial score (nSPS) is 15.8. The van der Waals surface area contributed by atoms with Crippen LogP contribution in [0.5, 0.6) is 5.75 Å². The molecule has 2 aromatic carbocycles. The molecule has 1 saturated heterocycles. The van der Waals surface area contributed by atoms with Crippen molar-refractivity contribution in [2.24, 2.45) is 0 Å². The molecule has 0 saturated carbocycles. The van der Waals surface area contributed by atoms with Crippen molar-refractivity contribution in [3.8, 4) is 5.75 Å². The Balaban J connectivity index is 1.78. The van der Waals surface area contributed by atoms with Gasteiger partial charge in [-0.25, -0.2) is 4.79 Å². The van der Waals surface area contributed by atoms with E-state index in [-0.39, 0.29) is 17.2 Å². The summed E-state index contributed by atoms with van der Waals surface area (Å²) in [5.74, 6) is -0.804. The molecular weight excluding hydrogens is 424 g/mol. The van der Waals surface area contributed by atoms with Gasteiger partial charge in [-0.15, -0.1) is 0 Å². The first kappa shape index (κ1) is 22.0. The number of benzene rings is 2. The van der Waals surface area contributed by atoms with Gasteiger partial charge in [0.15, 0.2) is 0 Å². The number of thioether (sulfide) groups is 1. The average Bonchev–Trinajstić information content (AvgIpc) is 3.05. The fourth-order valence-corrected chi connectivity index (χ4v) is 3.74. The van der Waals surface area contributed by atoms with Crippen molar-refractivity contribution in [2.75, 3.05) is 7.11 Å². The van der Waals surface area contributed by atoms with E-state index in [2.05, 4.69) is 4.74 Å². The molecule has 1 fully saturated rings. The molecule has 2 amide bonds. The number of rotatable bonds is 7. The maximum Gasteiger partial charge on any atom is 0.328 e. The number of non-ortho nitro benzene ring substituents is 1. The SMILES string of the molecule is COC(=O)[C@H](C)N1C(=O)S/C(=C/c2ccccc2OCc2ccc([N+](=O)[O-])cc2)C1=O. The fraction of sp³-hybridized carbons (Fsp3) is 0.190. The predicted octanol–water partition coefficient (Wildman–Crippen LogP) is 3.77. The van der Waals surface area contributed by atoms with Crippen LogP contribution in [0.25, 0.3) is 6.08 Å². The van der Waals surface area contributed by atoms with Gasteiger partial charge in [-0.3, -0.25) is 24.6 Å². The Morgan fingerprint density at radius 1 is 1.19 bits per heavy atom. The molecule has 3 rings (SSSR count). The lowest BCUT2D eigenvalue weighted by atomic mass is 10.1. The van der Waals surface area contributed by atoms with Crippen LogP contribution in [0.2, 0.25) is 0 Å². The molecule has 0 aromatic heterocycles. The molecule has 0 aliphatic carbocycles. The maximum atomic E-state index is 12.7. The Bertz CT molecular complexity index is 1070. The number of imide groups is 1. The topological polar surface area (TPSA) is 116 Å². The molecule has 2 aromatic rings. The quantitative estimate of drug-likeness (QED) is 0.275. The minimum absolute atomic E-state index is 0.0129. The standard InChI is InChI=1S/C21H18N2O7S/c1-13(20(25)29-2)22-19(24)18(31-21(22)26)11-15-5-3-4-6-17(15)30-12-14-7-9-16(10-8-14)23(27)28/h3-11,13H,12H2,1-2H3/b18-11+/t13-/m0/s1. The molecule has 0 bridgehead atoms. The Labute approximate surface area is 181 Å². The van der Waals surface area contributed by atoms with E-state index in [0.717, 1.165) is 22.2 Å². The van der Waals surface area contributed by atoms with E-state index in [4.69, 9.17) is 4.74 Å². The molecule has 160 valence electrons. The van der Waals surface area contributed by atoms with Crippen molar-refractivity contribution in [3.05, 3.63) is 74.7 Å². The van der Waals surface area contributed by atoms with Crippen molar-refractivity contribution in [2.45, 2.75) is 19.6 Å². The summed E-state index contributed by atoms with van der Waals surface area (Å²) in [6, 6.07) is 11.9. The minimum atomic E-state index is -1.03. The van der Waals surface area contributed by atoms with Crippen LogP contribution in [-0.4, -0.2) is 40.1 Å². The highest BCUT2D eigenvalue weighted by molar-refractivity contribution is 8.18. The third-order valence-corrected chi connectivity index (χ3v) is 5.38.